The maximum Gasteiger partial charge on any atom is 0.371 e. The predicted octanol–water partition coefficient (Wildman–Crippen LogP) is 1.53. The summed E-state index contributed by atoms with van der Waals surface area (Å²) in [5.41, 5.74) is 0.917. The van der Waals surface area contributed by atoms with Gasteiger partial charge in [0.1, 0.15) is 5.76 Å². The number of aromatic nitrogens is 2. The summed E-state index contributed by atoms with van der Waals surface area (Å²) in [5, 5.41) is 12.8. The molecule has 0 unspecified atom stereocenters. The molecule has 0 aliphatic rings. The summed E-state index contributed by atoms with van der Waals surface area (Å²) >= 11 is 0. The molecule has 2 heterocycles. The highest BCUT2D eigenvalue weighted by Gasteiger charge is 2.09. The number of nitrogens with zero attached hydrogens (tertiary/aromatic N) is 2. The van der Waals surface area contributed by atoms with E-state index in [0.29, 0.717) is 12.3 Å². The Morgan fingerprint density at radius 3 is 2.87 bits per heavy atom. The van der Waals surface area contributed by atoms with Crippen LogP contribution in [0.1, 0.15) is 22.0 Å². The van der Waals surface area contributed by atoms with Crippen molar-refractivity contribution in [1.29, 1.82) is 0 Å². The average molecular weight is 206 g/mol. The second-order valence-electron chi connectivity index (χ2n) is 3.23. The summed E-state index contributed by atoms with van der Waals surface area (Å²) in [4.78, 5) is 10.6. The van der Waals surface area contributed by atoms with Crippen LogP contribution in [0.2, 0.25) is 0 Å². The summed E-state index contributed by atoms with van der Waals surface area (Å²) in [7, 11) is 0. The molecule has 5 heteroatoms. The molecule has 0 saturated heterocycles. The molecular formula is C10H10N2O3. The molecule has 0 fully saturated rings. The summed E-state index contributed by atoms with van der Waals surface area (Å²) < 4.78 is 6.79. The lowest BCUT2D eigenvalue weighted by molar-refractivity contribution is 0.0660. The van der Waals surface area contributed by atoms with Gasteiger partial charge in [0.2, 0.25) is 5.76 Å². The van der Waals surface area contributed by atoms with E-state index in [4.69, 9.17) is 9.52 Å². The minimum absolute atomic E-state index is 0.0473. The standard InChI is InChI=1S/C10H10N2O3/c1-7-4-5-12(11-7)6-8-2-3-9(15-8)10(13)14/h2-5H,6H2,1H3,(H,13,14). The first kappa shape index (κ1) is 9.51. The van der Waals surface area contributed by atoms with Crippen LogP contribution < -0.4 is 0 Å². The molecule has 2 aromatic rings. The Kier molecular flexibility index (Phi) is 2.29. The normalized spacial score (nSPS) is 10.5. The predicted molar refractivity (Wildman–Crippen MR) is 51.7 cm³/mol. The van der Waals surface area contributed by atoms with Gasteiger partial charge in [0.15, 0.2) is 0 Å². The maximum atomic E-state index is 10.6. The molecule has 0 aliphatic heterocycles. The van der Waals surface area contributed by atoms with Crippen LogP contribution in [0, 0.1) is 6.92 Å². The number of hydrogen-bond donors (Lipinski definition) is 1. The van der Waals surface area contributed by atoms with Gasteiger partial charge in [-0.15, -0.1) is 0 Å². The van der Waals surface area contributed by atoms with Gasteiger partial charge < -0.3 is 9.52 Å². The lowest BCUT2D eigenvalue weighted by Gasteiger charge is -1.96. The van der Waals surface area contributed by atoms with Gasteiger partial charge in [-0.25, -0.2) is 4.79 Å². The Labute approximate surface area is 85.9 Å². The van der Waals surface area contributed by atoms with Crippen LogP contribution >= 0.6 is 0 Å². The topological polar surface area (TPSA) is 68.3 Å². The molecule has 78 valence electrons. The van der Waals surface area contributed by atoms with E-state index in [0.717, 1.165) is 5.69 Å². The van der Waals surface area contributed by atoms with Crippen LogP contribution in [0.5, 0.6) is 0 Å². The Hall–Kier alpha value is -2.04. The largest absolute Gasteiger partial charge is 0.475 e. The molecule has 2 rings (SSSR count). The quantitative estimate of drug-likeness (QED) is 0.826. The van der Waals surface area contributed by atoms with Gasteiger partial charge >= 0.3 is 5.97 Å². The molecular weight excluding hydrogens is 196 g/mol. The Bertz CT molecular complexity index is 484. The number of carboxylic acid groups (broad SMARTS) is 1. The molecule has 15 heavy (non-hydrogen) atoms. The van der Waals surface area contributed by atoms with Crippen molar-refractivity contribution in [2.24, 2.45) is 0 Å². The van der Waals surface area contributed by atoms with Crippen molar-refractivity contribution in [2.75, 3.05) is 0 Å². The molecule has 0 aliphatic carbocycles. The van der Waals surface area contributed by atoms with Crippen LogP contribution in [0.15, 0.2) is 28.8 Å². The van der Waals surface area contributed by atoms with E-state index in [2.05, 4.69) is 5.10 Å². The van der Waals surface area contributed by atoms with Crippen molar-refractivity contribution in [2.45, 2.75) is 13.5 Å². The third-order valence-electron chi connectivity index (χ3n) is 1.96. The van der Waals surface area contributed by atoms with E-state index in [1.807, 2.05) is 19.2 Å². The average Bonchev–Trinajstić information content (AvgIpc) is 2.76. The lowest BCUT2D eigenvalue weighted by Crippen LogP contribution is -1.99. The smallest absolute Gasteiger partial charge is 0.371 e. The van der Waals surface area contributed by atoms with E-state index < -0.39 is 5.97 Å². The van der Waals surface area contributed by atoms with E-state index in [-0.39, 0.29) is 5.76 Å². The highest BCUT2D eigenvalue weighted by molar-refractivity contribution is 5.84. The highest BCUT2D eigenvalue weighted by atomic mass is 16.4. The Morgan fingerprint density at radius 1 is 1.53 bits per heavy atom. The molecule has 0 amide bonds. The van der Waals surface area contributed by atoms with Gasteiger partial charge in [0.25, 0.3) is 0 Å². The van der Waals surface area contributed by atoms with E-state index >= 15 is 0 Å². The molecule has 5 nitrogen and oxygen atoms in total. The summed E-state index contributed by atoms with van der Waals surface area (Å²) in [6.07, 6.45) is 1.82. The number of rotatable bonds is 3. The highest BCUT2D eigenvalue weighted by Crippen LogP contribution is 2.09. The van der Waals surface area contributed by atoms with Crippen molar-refractivity contribution in [3.05, 3.63) is 41.6 Å². The van der Waals surface area contributed by atoms with Gasteiger partial charge in [-0.3, -0.25) is 4.68 Å². The van der Waals surface area contributed by atoms with E-state index in [1.54, 1.807) is 10.7 Å². The van der Waals surface area contributed by atoms with Gasteiger partial charge in [-0.2, -0.15) is 5.10 Å². The van der Waals surface area contributed by atoms with Crippen molar-refractivity contribution < 1.29 is 14.3 Å². The van der Waals surface area contributed by atoms with Crippen LogP contribution in [0.25, 0.3) is 0 Å². The first-order chi connectivity index (χ1) is 7.15. The summed E-state index contributed by atoms with van der Waals surface area (Å²) in [6, 6.07) is 4.95. The number of hydrogen-bond acceptors (Lipinski definition) is 3. The molecule has 0 radical (unpaired) electrons. The minimum atomic E-state index is -1.06. The molecule has 0 bridgehead atoms. The van der Waals surface area contributed by atoms with Gasteiger partial charge in [0.05, 0.1) is 12.2 Å². The zero-order chi connectivity index (χ0) is 10.8. The van der Waals surface area contributed by atoms with Crippen LogP contribution in [-0.2, 0) is 6.54 Å². The molecule has 0 saturated carbocycles. The van der Waals surface area contributed by atoms with Crippen LogP contribution in [0.4, 0.5) is 0 Å². The summed E-state index contributed by atoms with van der Waals surface area (Å²) in [6.45, 7) is 2.34. The number of furan rings is 1. The fourth-order valence-electron chi connectivity index (χ4n) is 1.29. The molecule has 0 aromatic carbocycles. The third-order valence-corrected chi connectivity index (χ3v) is 1.96. The zero-order valence-corrected chi connectivity index (χ0v) is 8.17. The third kappa shape index (κ3) is 2.07. The number of aryl methyl sites for hydroxylation is 1. The number of aromatic carboxylic acids is 1. The summed E-state index contributed by atoms with van der Waals surface area (Å²) in [5.74, 6) is -0.526. The first-order valence-corrected chi connectivity index (χ1v) is 4.47. The number of carbonyl (C=O) groups is 1. The van der Waals surface area contributed by atoms with Crippen molar-refractivity contribution in [1.82, 2.24) is 9.78 Å². The van der Waals surface area contributed by atoms with Crippen LogP contribution in [0.3, 0.4) is 0 Å². The van der Waals surface area contributed by atoms with E-state index in [9.17, 15) is 4.79 Å². The zero-order valence-electron chi connectivity index (χ0n) is 8.17. The fraction of sp³-hybridized carbons (Fsp3) is 0.200. The van der Waals surface area contributed by atoms with Gasteiger partial charge in [0, 0.05) is 6.20 Å². The van der Waals surface area contributed by atoms with Gasteiger partial charge in [-0.1, -0.05) is 0 Å². The van der Waals surface area contributed by atoms with Crippen molar-refractivity contribution >= 4 is 5.97 Å². The minimum Gasteiger partial charge on any atom is -0.475 e. The SMILES string of the molecule is Cc1ccn(Cc2ccc(C(=O)O)o2)n1. The fourth-order valence-corrected chi connectivity index (χ4v) is 1.29. The maximum absolute atomic E-state index is 10.6. The molecule has 2 aromatic heterocycles. The molecule has 1 N–H and O–H groups in total. The van der Waals surface area contributed by atoms with Crippen molar-refractivity contribution in [3.63, 3.8) is 0 Å². The first-order valence-electron chi connectivity index (χ1n) is 4.47. The second kappa shape index (κ2) is 3.61. The van der Waals surface area contributed by atoms with Gasteiger partial charge in [-0.05, 0) is 25.1 Å². The number of carboxylic acids is 1. The van der Waals surface area contributed by atoms with Crippen molar-refractivity contribution in [3.8, 4) is 0 Å². The lowest BCUT2D eigenvalue weighted by atomic mass is 10.4. The van der Waals surface area contributed by atoms with Crippen LogP contribution in [-0.4, -0.2) is 20.9 Å². The monoisotopic (exact) mass is 206 g/mol. The Morgan fingerprint density at radius 2 is 2.33 bits per heavy atom. The molecule has 0 spiro atoms. The second-order valence-corrected chi connectivity index (χ2v) is 3.23. The Balaban J connectivity index is 2.14. The van der Waals surface area contributed by atoms with E-state index in [1.165, 1.54) is 6.07 Å². The molecule has 0 atom stereocenters.